The molecule has 2 saturated heterocycles. The Morgan fingerprint density at radius 3 is 2.66 bits per heavy atom. The van der Waals surface area contributed by atoms with Crippen molar-refractivity contribution in [3.63, 3.8) is 0 Å². The summed E-state index contributed by atoms with van der Waals surface area (Å²) in [5.41, 5.74) is 1.15. The first-order chi connectivity index (χ1) is 15.3. The van der Waals surface area contributed by atoms with Gasteiger partial charge in [0.1, 0.15) is 0 Å². The van der Waals surface area contributed by atoms with E-state index < -0.39 is 12.1 Å². The Morgan fingerprint density at radius 2 is 2.00 bits per heavy atom. The second-order valence-electron chi connectivity index (χ2n) is 8.46. The van der Waals surface area contributed by atoms with Crippen LogP contribution >= 0.6 is 0 Å². The molecule has 8 nitrogen and oxygen atoms in total. The maximum absolute atomic E-state index is 10.6. The summed E-state index contributed by atoms with van der Waals surface area (Å²) in [5, 5.41) is 15.6. The lowest BCUT2D eigenvalue weighted by molar-refractivity contribution is -0.192. The lowest BCUT2D eigenvalue weighted by atomic mass is 9.83. The third-order valence-electron chi connectivity index (χ3n) is 6.02. The number of aliphatic carboxylic acids is 1. The number of carboxylic acids is 1. The summed E-state index contributed by atoms with van der Waals surface area (Å²) in [6, 6.07) is 6.13. The first kappa shape index (κ1) is 22.7. The molecule has 4 heterocycles. The van der Waals surface area contributed by atoms with Gasteiger partial charge in [-0.05, 0) is 43.9 Å². The molecule has 3 aliphatic rings. The zero-order valence-electron chi connectivity index (χ0n) is 17.4. The molecule has 0 unspecified atom stereocenters. The third kappa shape index (κ3) is 5.83. The number of halogens is 3. The van der Waals surface area contributed by atoms with Crippen molar-refractivity contribution in [2.24, 2.45) is 11.8 Å². The van der Waals surface area contributed by atoms with E-state index in [0.29, 0.717) is 17.8 Å². The Kier molecular flexibility index (Phi) is 6.75. The summed E-state index contributed by atoms with van der Waals surface area (Å²) in [6.45, 7) is 3.98. The van der Waals surface area contributed by atoms with Crippen LogP contribution in [0.25, 0.3) is 0 Å². The maximum atomic E-state index is 10.6. The van der Waals surface area contributed by atoms with Gasteiger partial charge in [0.2, 0.25) is 11.8 Å². The summed E-state index contributed by atoms with van der Waals surface area (Å²) < 4.78 is 43.7. The number of hydrogen-bond donors (Lipinski definition) is 1. The molecule has 0 aromatic carbocycles. The zero-order chi connectivity index (χ0) is 22.7. The zero-order valence-corrected chi connectivity index (χ0v) is 17.4. The molecule has 2 aromatic heterocycles. The first-order valence-electron chi connectivity index (χ1n) is 10.7. The smallest absolute Gasteiger partial charge is 0.475 e. The van der Waals surface area contributed by atoms with Crippen molar-refractivity contribution in [2.45, 2.75) is 50.4 Å². The number of fused-ring (bicyclic) bond motifs is 1. The number of piperidine rings is 1. The van der Waals surface area contributed by atoms with E-state index in [-0.39, 0.29) is 6.10 Å². The van der Waals surface area contributed by atoms with Crippen molar-refractivity contribution in [2.75, 3.05) is 19.7 Å². The fourth-order valence-electron chi connectivity index (χ4n) is 4.25. The molecule has 32 heavy (non-hydrogen) atoms. The number of hydrogen-bond acceptors (Lipinski definition) is 7. The minimum atomic E-state index is -5.08. The number of nitrogens with zero attached hydrogens (tertiary/aromatic N) is 4. The predicted molar refractivity (Wildman–Crippen MR) is 105 cm³/mol. The molecule has 3 fully saturated rings. The van der Waals surface area contributed by atoms with Gasteiger partial charge in [0.15, 0.2) is 0 Å². The van der Waals surface area contributed by atoms with Gasteiger partial charge in [0, 0.05) is 31.1 Å². The topological polar surface area (TPSA) is 102 Å². The van der Waals surface area contributed by atoms with Gasteiger partial charge in [-0.2, -0.15) is 13.2 Å². The number of aromatic nitrogens is 3. The molecular weight excluding hydrogens is 429 g/mol. The fourth-order valence-corrected chi connectivity index (χ4v) is 4.25. The second kappa shape index (κ2) is 9.53. The van der Waals surface area contributed by atoms with Gasteiger partial charge in [-0.25, -0.2) is 4.79 Å². The average molecular weight is 454 g/mol. The van der Waals surface area contributed by atoms with Crippen molar-refractivity contribution in [3.05, 3.63) is 41.9 Å². The lowest BCUT2D eigenvalue weighted by Gasteiger charge is -2.35. The summed E-state index contributed by atoms with van der Waals surface area (Å²) in [5.74, 6) is 0.559. The summed E-state index contributed by atoms with van der Waals surface area (Å²) in [6.07, 6.45) is 1.34. The lowest BCUT2D eigenvalue weighted by Crippen LogP contribution is -2.41. The average Bonchev–Trinajstić information content (AvgIpc) is 3.38. The molecule has 1 aliphatic carbocycles. The Hall–Kier alpha value is -2.53. The highest BCUT2D eigenvalue weighted by atomic mass is 19.4. The quantitative estimate of drug-likeness (QED) is 0.736. The number of rotatable bonds is 5. The molecule has 11 heteroatoms. The second-order valence-corrected chi connectivity index (χ2v) is 8.46. The van der Waals surface area contributed by atoms with Gasteiger partial charge in [0.05, 0.1) is 24.8 Å². The van der Waals surface area contributed by atoms with Gasteiger partial charge in [-0.3, -0.25) is 9.88 Å². The SMILES string of the molecule is O=C(O)C(F)(F)F.c1ccc(CN2CC[C@@H]3[C@@H](CO[C@@H]3Cc3nnc(C4CC4)o3)C2)nc1. The standard InChI is InChI=1S/C19H24N4O2.C2HF3O2/c1-2-7-20-15(3-1)11-23-8-6-16-14(10-23)12-24-17(16)9-18-21-22-19(25-18)13-4-5-13;3-2(4,5)1(6)7/h1-3,7,13-14,16-17H,4-6,8-12H2;(H,6,7)/t14-,16-,17-;/m1./s1. The van der Waals surface area contributed by atoms with Crippen LogP contribution in [-0.2, 0) is 22.5 Å². The molecule has 5 rings (SSSR count). The van der Waals surface area contributed by atoms with E-state index in [1.54, 1.807) is 0 Å². The van der Waals surface area contributed by atoms with E-state index in [0.717, 1.165) is 50.1 Å². The molecule has 2 aliphatic heterocycles. The Balaban J connectivity index is 0.000000307. The van der Waals surface area contributed by atoms with Crippen LogP contribution in [0.15, 0.2) is 28.8 Å². The normalized spacial score (nSPS) is 25.7. The molecule has 0 spiro atoms. The van der Waals surface area contributed by atoms with Gasteiger partial charge in [0.25, 0.3) is 0 Å². The molecule has 0 bridgehead atoms. The number of pyridine rings is 1. The summed E-state index contributed by atoms with van der Waals surface area (Å²) in [4.78, 5) is 15.9. The number of alkyl halides is 3. The minimum Gasteiger partial charge on any atom is -0.475 e. The summed E-state index contributed by atoms with van der Waals surface area (Å²) >= 11 is 0. The monoisotopic (exact) mass is 454 g/mol. The van der Waals surface area contributed by atoms with Crippen LogP contribution in [0.1, 0.15) is 42.7 Å². The highest BCUT2D eigenvalue weighted by Gasteiger charge is 2.41. The molecule has 0 radical (unpaired) electrons. The van der Waals surface area contributed by atoms with Gasteiger partial charge >= 0.3 is 12.1 Å². The van der Waals surface area contributed by atoms with Crippen LogP contribution in [0.4, 0.5) is 13.2 Å². The number of ether oxygens (including phenoxy) is 1. The van der Waals surface area contributed by atoms with E-state index in [9.17, 15) is 13.2 Å². The van der Waals surface area contributed by atoms with Gasteiger partial charge < -0.3 is 14.3 Å². The molecule has 2 aromatic rings. The van der Waals surface area contributed by atoms with Crippen molar-refractivity contribution in [3.8, 4) is 0 Å². The molecular formula is C21H25F3N4O4. The van der Waals surface area contributed by atoms with Crippen LogP contribution in [0.3, 0.4) is 0 Å². The van der Waals surface area contributed by atoms with E-state index >= 15 is 0 Å². The highest BCUT2D eigenvalue weighted by molar-refractivity contribution is 5.73. The minimum absolute atomic E-state index is 0.231. The van der Waals surface area contributed by atoms with Crippen molar-refractivity contribution >= 4 is 5.97 Å². The molecule has 0 amide bonds. The number of likely N-dealkylation sites (tertiary alicyclic amines) is 1. The molecule has 1 N–H and O–H groups in total. The van der Waals surface area contributed by atoms with E-state index in [4.69, 9.17) is 19.1 Å². The maximum Gasteiger partial charge on any atom is 0.490 e. The molecule has 1 saturated carbocycles. The van der Waals surface area contributed by atoms with Crippen LogP contribution in [-0.4, -0.2) is 63.1 Å². The van der Waals surface area contributed by atoms with E-state index in [1.165, 1.54) is 19.3 Å². The van der Waals surface area contributed by atoms with Crippen molar-refractivity contribution in [1.82, 2.24) is 20.1 Å². The van der Waals surface area contributed by atoms with Crippen molar-refractivity contribution < 1.29 is 32.2 Å². The predicted octanol–water partition coefficient (Wildman–Crippen LogP) is 3.05. The Morgan fingerprint density at radius 1 is 1.22 bits per heavy atom. The largest absolute Gasteiger partial charge is 0.490 e. The van der Waals surface area contributed by atoms with Crippen LogP contribution in [0.2, 0.25) is 0 Å². The van der Waals surface area contributed by atoms with E-state index in [1.807, 2.05) is 12.3 Å². The Labute approximate surface area is 182 Å². The van der Waals surface area contributed by atoms with Gasteiger partial charge in [-0.15, -0.1) is 10.2 Å². The first-order valence-corrected chi connectivity index (χ1v) is 10.7. The molecule has 174 valence electrons. The van der Waals surface area contributed by atoms with Crippen LogP contribution < -0.4 is 0 Å². The number of carbonyl (C=O) groups is 1. The third-order valence-corrected chi connectivity index (χ3v) is 6.02. The fraction of sp³-hybridized carbons (Fsp3) is 0.619. The summed E-state index contributed by atoms with van der Waals surface area (Å²) in [7, 11) is 0. The van der Waals surface area contributed by atoms with Crippen molar-refractivity contribution in [1.29, 1.82) is 0 Å². The van der Waals surface area contributed by atoms with E-state index in [2.05, 4.69) is 32.2 Å². The highest BCUT2D eigenvalue weighted by Crippen LogP contribution is 2.40. The van der Waals surface area contributed by atoms with Crippen LogP contribution in [0, 0.1) is 11.8 Å². The Bertz CT molecular complexity index is 904. The molecule has 3 atom stereocenters. The van der Waals surface area contributed by atoms with Gasteiger partial charge in [-0.1, -0.05) is 6.07 Å². The van der Waals surface area contributed by atoms with Crippen LogP contribution in [0.5, 0.6) is 0 Å². The number of carboxylic acid groups (broad SMARTS) is 1.